The molecule has 1 atom stereocenters. The third-order valence-corrected chi connectivity index (χ3v) is 5.87. The molecule has 0 bridgehead atoms. The van der Waals surface area contributed by atoms with E-state index in [9.17, 15) is 8.42 Å². The second kappa shape index (κ2) is 5.68. The van der Waals surface area contributed by atoms with E-state index in [0.717, 1.165) is 38.6 Å². The fraction of sp³-hybridized carbons (Fsp3) is 1.00. The quantitative estimate of drug-likeness (QED) is 0.773. The topological polar surface area (TPSA) is 61.4 Å². The van der Waals surface area contributed by atoms with Gasteiger partial charge in [0.25, 0.3) is 10.2 Å². The van der Waals surface area contributed by atoms with Crippen molar-refractivity contribution >= 4 is 10.2 Å². The van der Waals surface area contributed by atoms with Gasteiger partial charge >= 0.3 is 0 Å². The van der Waals surface area contributed by atoms with Crippen molar-refractivity contribution in [3.05, 3.63) is 0 Å². The van der Waals surface area contributed by atoms with Crippen molar-refractivity contribution in [1.29, 1.82) is 0 Å². The second-order valence-electron chi connectivity index (χ2n) is 6.49. The van der Waals surface area contributed by atoms with Crippen LogP contribution in [0.5, 0.6) is 0 Å². The molecule has 0 spiro atoms. The summed E-state index contributed by atoms with van der Waals surface area (Å²) >= 11 is 0. The monoisotopic (exact) mass is 289 g/mol. The molecule has 0 aromatic rings. The number of nitrogens with zero attached hydrogens (tertiary/aromatic N) is 1. The molecule has 0 aromatic carbocycles. The molecule has 2 fully saturated rings. The maximum absolute atomic E-state index is 12.5. The molecule has 1 saturated carbocycles. The van der Waals surface area contributed by atoms with Gasteiger partial charge in [0.15, 0.2) is 0 Å². The van der Waals surface area contributed by atoms with E-state index in [0.29, 0.717) is 12.6 Å². The number of nitrogens with one attached hydrogen (secondary N) is 2. The summed E-state index contributed by atoms with van der Waals surface area (Å²) in [6, 6.07) is 0.483. The minimum Gasteiger partial charge on any atom is -0.313 e. The normalized spacial score (nSPS) is 27.7. The van der Waals surface area contributed by atoms with Crippen LogP contribution in [0.15, 0.2) is 0 Å². The number of hydrogen-bond donors (Lipinski definition) is 2. The molecular weight excluding hydrogens is 262 g/mol. The molecular formula is C13H27N3O2S. The molecule has 1 saturated heterocycles. The van der Waals surface area contributed by atoms with Crippen LogP contribution in [-0.2, 0) is 10.2 Å². The van der Waals surface area contributed by atoms with Crippen LogP contribution in [0.2, 0.25) is 0 Å². The standard InChI is InChI=1S/C13H27N3O2S/c1-11(2)14-10-12-6-4-5-9-16(12)19(17,18)15-13(3)7-8-13/h11-12,14-15H,4-10H2,1-3H3. The SMILES string of the molecule is CC(C)NCC1CCCCN1S(=O)(=O)NC1(C)CC1. The van der Waals surface area contributed by atoms with Gasteiger partial charge in [0.1, 0.15) is 0 Å². The van der Waals surface area contributed by atoms with Crippen LogP contribution in [0.4, 0.5) is 0 Å². The average Bonchev–Trinajstić information content (AvgIpc) is 3.03. The summed E-state index contributed by atoms with van der Waals surface area (Å²) in [7, 11) is -3.33. The van der Waals surface area contributed by atoms with Crippen molar-refractivity contribution in [3.8, 4) is 0 Å². The van der Waals surface area contributed by atoms with E-state index in [2.05, 4.69) is 23.9 Å². The fourth-order valence-electron chi connectivity index (χ4n) is 2.53. The highest BCUT2D eigenvalue weighted by molar-refractivity contribution is 7.87. The lowest BCUT2D eigenvalue weighted by Gasteiger charge is -2.36. The maximum Gasteiger partial charge on any atom is 0.280 e. The van der Waals surface area contributed by atoms with E-state index in [-0.39, 0.29) is 11.6 Å². The van der Waals surface area contributed by atoms with Crippen LogP contribution < -0.4 is 10.0 Å². The third-order valence-electron chi connectivity index (χ3n) is 4.02. The van der Waals surface area contributed by atoms with Crippen molar-refractivity contribution in [2.24, 2.45) is 0 Å². The summed E-state index contributed by atoms with van der Waals surface area (Å²) < 4.78 is 29.5. The van der Waals surface area contributed by atoms with Crippen LogP contribution in [0.3, 0.4) is 0 Å². The summed E-state index contributed by atoms with van der Waals surface area (Å²) in [5, 5.41) is 3.36. The lowest BCUT2D eigenvalue weighted by molar-refractivity contribution is 0.238. The van der Waals surface area contributed by atoms with E-state index in [4.69, 9.17) is 0 Å². The molecule has 112 valence electrons. The average molecular weight is 289 g/mol. The van der Waals surface area contributed by atoms with Crippen LogP contribution in [0.1, 0.15) is 52.9 Å². The fourth-order valence-corrected chi connectivity index (χ4v) is 4.41. The lowest BCUT2D eigenvalue weighted by atomic mass is 10.0. The molecule has 2 aliphatic rings. The highest BCUT2D eigenvalue weighted by Crippen LogP contribution is 2.36. The Morgan fingerprint density at radius 1 is 1.32 bits per heavy atom. The third kappa shape index (κ3) is 4.15. The Labute approximate surface area is 117 Å². The van der Waals surface area contributed by atoms with Crippen molar-refractivity contribution in [1.82, 2.24) is 14.3 Å². The lowest BCUT2D eigenvalue weighted by Crippen LogP contribution is -2.54. The van der Waals surface area contributed by atoms with E-state index < -0.39 is 10.2 Å². The first kappa shape index (κ1) is 15.2. The molecule has 1 aliphatic carbocycles. The van der Waals surface area contributed by atoms with Crippen molar-refractivity contribution < 1.29 is 8.42 Å². The van der Waals surface area contributed by atoms with Gasteiger partial charge in [-0.15, -0.1) is 0 Å². The minimum absolute atomic E-state index is 0.0935. The summed E-state index contributed by atoms with van der Waals surface area (Å²) in [5.74, 6) is 0. The molecule has 0 amide bonds. The van der Waals surface area contributed by atoms with Crippen molar-refractivity contribution in [3.63, 3.8) is 0 Å². The van der Waals surface area contributed by atoms with E-state index in [1.54, 1.807) is 4.31 Å². The first-order chi connectivity index (χ1) is 8.82. The number of rotatable bonds is 6. The predicted molar refractivity (Wildman–Crippen MR) is 77.2 cm³/mol. The Kier molecular flexibility index (Phi) is 4.55. The van der Waals surface area contributed by atoms with Gasteiger partial charge in [-0.25, -0.2) is 0 Å². The smallest absolute Gasteiger partial charge is 0.280 e. The molecule has 1 aliphatic heterocycles. The zero-order valence-electron chi connectivity index (χ0n) is 12.3. The minimum atomic E-state index is -3.33. The number of hydrogen-bond acceptors (Lipinski definition) is 3. The molecule has 0 radical (unpaired) electrons. The van der Waals surface area contributed by atoms with Gasteiger partial charge in [-0.3, -0.25) is 0 Å². The van der Waals surface area contributed by atoms with Gasteiger partial charge in [-0.05, 0) is 32.6 Å². The highest BCUT2D eigenvalue weighted by atomic mass is 32.2. The Morgan fingerprint density at radius 3 is 2.58 bits per heavy atom. The maximum atomic E-state index is 12.5. The molecule has 2 rings (SSSR count). The summed E-state index contributed by atoms with van der Waals surface area (Å²) in [6.07, 6.45) is 4.95. The van der Waals surface area contributed by atoms with Gasteiger partial charge < -0.3 is 5.32 Å². The zero-order chi connectivity index (χ0) is 14.1. The highest BCUT2D eigenvalue weighted by Gasteiger charge is 2.44. The van der Waals surface area contributed by atoms with Crippen LogP contribution in [0, 0.1) is 0 Å². The van der Waals surface area contributed by atoms with E-state index in [1.165, 1.54) is 0 Å². The molecule has 5 nitrogen and oxygen atoms in total. The molecule has 6 heteroatoms. The Hall–Kier alpha value is -0.170. The first-order valence-electron chi connectivity index (χ1n) is 7.36. The molecule has 19 heavy (non-hydrogen) atoms. The van der Waals surface area contributed by atoms with Gasteiger partial charge in [0, 0.05) is 30.7 Å². The summed E-state index contributed by atoms with van der Waals surface area (Å²) in [5.41, 5.74) is -0.188. The Morgan fingerprint density at radius 2 is 2.00 bits per heavy atom. The zero-order valence-corrected chi connectivity index (χ0v) is 13.1. The van der Waals surface area contributed by atoms with Crippen LogP contribution in [-0.4, -0.2) is 43.4 Å². The molecule has 2 N–H and O–H groups in total. The van der Waals surface area contributed by atoms with E-state index in [1.807, 2.05) is 6.92 Å². The van der Waals surface area contributed by atoms with Gasteiger partial charge in [0.2, 0.25) is 0 Å². The van der Waals surface area contributed by atoms with Crippen LogP contribution >= 0.6 is 0 Å². The second-order valence-corrected chi connectivity index (χ2v) is 8.11. The van der Waals surface area contributed by atoms with Crippen LogP contribution in [0.25, 0.3) is 0 Å². The van der Waals surface area contributed by atoms with Gasteiger partial charge in [-0.2, -0.15) is 17.4 Å². The van der Waals surface area contributed by atoms with Gasteiger partial charge in [-0.1, -0.05) is 20.3 Å². The summed E-state index contributed by atoms with van der Waals surface area (Å²) in [6.45, 7) is 7.55. The van der Waals surface area contributed by atoms with Crippen molar-refractivity contribution in [2.75, 3.05) is 13.1 Å². The molecule has 1 unspecified atom stereocenters. The Balaban J connectivity index is 2.01. The summed E-state index contributed by atoms with van der Waals surface area (Å²) in [4.78, 5) is 0. The predicted octanol–water partition coefficient (Wildman–Crippen LogP) is 1.23. The van der Waals surface area contributed by atoms with Gasteiger partial charge in [0.05, 0.1) is 0 Å². The first-order valence-corrected chi connectivity index (χ1v) is 8.81. The van der Waals surface area contributed by atoms with E-state index >= 15 is 0 Å². The number of piperidine rings is 1. The largest absolute Gasteiger partial charge is 0.313 e. The Bertz CT molecular complexity index is 404. The van der Waals surface area contributed by atoms with Crippen molar-refractivity contribution in [2.45, 2.75) is 70.5 Å². The molecule has 1 heterocycles. The molecule has 0 aromatic heterocycles.